The molecule has 1 saturated heterocycles. The number of benzene rings is 8. The minimum absolute atomic E-state index is 0.123. The second-order valence-electron chi connectivity index (χ2n) is 24.8. The Balaban J connectivity index is 1.16. The molecule has 0 spiro atoms. The quantitative estimate of drug-likeness (QED) is 0.0968. The van der Waals surface area contributed by atoms with Gasteiger partial charge in [-0.25, -0.2) is 0 Å². The summed E-state index contributed by atoms with van der Waals surface area (Å²) in [7, 11) is -9.68. The van der Waals surface area contributed by atoms with E-state index < -0.39 is 66.1 Å². The number of ether oxygens (including phenoxy) is 2. The molecule has 422 valence electrons. The molecule has 9 aromatic rings. The number of aryl methyl sites for hydroxylation is 1. The Hall–Kier alpha value is -7.14. The summed E-state index contributed by atoms with van der Waals surface area (Å²) in [6.45, 7) is 23.4. The smallest absolute Gasteiger partial charge is 0.319 e. The monoisotopic (exact) mass is 1140 g/mol. The summed E-state index contributed by atoms with van der Waals surface area (Å²) in [5.74, 6) is 1.17. The number of hydrogen-bond acceptors (Lipinski definition) is 9. The van der Waals surface area contributed by atoms with Crippen LogP contribution in [-0.4, -0.2) is 65.9 Å². The maximum Gasteiger partial charge on any atom is 0.319 e. The number of rotatable bonds is 15. The Kier molecular flexibility index (Phi) is 16.2. The number of aliphatic hydroxyl groups excluding tert-OH is 2. The van der Waals surface area contributed by atoms with Gasteiger partial charge in [-0.15, -0.1) is 0 Å². The Morgan fingerprint density at radius 1 is 0.463 bits per heavy atom. The van der Waals surface area contributed by atoms with Gasteiger partial charge in [-0.2, -0.15) is 0 Å². The summed E-state index contributed by atoms with van der Waals surface area (Å²) in [4.78, 5) is 15.9. The SMILES string of the molecule is Cc1cc(O[Si](c2ccccc2)(c2ccccc2)C(C)(C)C)cc2oc(-c3ccc(O[Si](c4ccccc4)(c4ccccc4)C(C)(C)C)cc3)c(OC3OC(C)C(O)C(O)C3O[Si](c3ccccc3)(c3ccccc3)C(C)(C)C)c(=O)c12. The topological polar surface area (TPSA) is 117 Å². The van der Waals surface area contributed by atoms with Crippen molar-refractivity contribution in [2.45, 2.75) is 122 Å². The van der Waals surface area contributed by atoms with Gasteiger partial charge in [0.25, 0.3) is 8.32 Å². The lowest BCUT2D eigenvalue weighted by atomic mass is 10.00. The van der Waals surface area contributed by atoms with Crippen LogP contribution in [0.1, 0.15) is 74.8 Å². The van der Waals surface area contributed by atoms with Crippen molar-refractivity contribution < 1.29 is 37.4 Å². The van der Waals surface area contributed by atoms with Crippen molar-refractivity contribution in [3.05, 3.63) is 234 Å². The van der Waals surface area contributed by atoms with Gasteiger partial charge in [0, 0.05) is 11.6 Å². The van der Waals surface area contributed by atoms with E-state index in [0.717, 1.165) is 31.1 Å². The highest BCUT2D eigenvalue weighted by Crippen LogP contribution is 2.44. The van der Waals surface area contributed by atoms with E-state index in [9.17, 15) is 10.2 Å². The van der Waals surface area contributed by atoms with Crippen LogP contribution in [0.5, 0.6) is 17.2 Å². The zero-order valence-corrected chi connectivity index (χ0v) is 51.9. The van der Waals surface area contributed by atoms with Crippen LogP contribution in [0.25, 0.3) is 22.3 Å². The van der Waals surface area contributed by atoms with Crippen LogP contribution in [0.15, 0.2) is 228 Å². The molecule has 82 heavy (non-hydrogen) atoms. The second-order valence-corrected chi connectivity index (χ2v) is 37.5. The summed E-state index contributed by atoms with van der Waals surface area (Å²) in [6.07, 6.45) is -6.48. The lowest BCUT2D eigenvalue weighted by molar-refractivity contribution is -0.263. The van der Waals surface area contributed by atoms with E-state index in [0.29, 0.717) is 28.2 Å². The minimum atomic E-state index is -3.46. The van der Waals surface area contributed by atoms with Gasteiger partial charge < -0.3 is 37.4 Å². The van der Waals surface area contributed by atoms with Gasteiger partial charge in [0.2, 0.25) is 17.5 Å². The molecule has 1 aliphatic heterocycles. The third-order valence-electron chi connectivity index (χ3n) is 16.4. The van der Waals surface area contributed by atoms with Crippen molar-refractivity contribution in [3.8, 4) is 28.6 Å². The molecule has 0 bridgehead atoms. The first kappa shape index (κ1) is 58.1. The van der Waals surface area contributed by atoms with Crippen LogP contribution in [0.3, 0.4) is 0 Å². The first-order chi connectivity index (χ1) is 39.1. The number of aliphatic hydroxyl groups is 2. The van der Waals surface area contributed by atoms with Crippen LogP contribution < -0.4 is 50.1 Å². The molecule has 2 N–H and O–H groups in total. The van der Waals surface area contributed by atoms with E-state index >= 15 is 4.79 Å². The number of fused-ring (bicyclic) bond motifs is 1. The van der Waals surface area contributed by atoms with E-state index in [-0.39, 0.29) is 27.0 Å². The first-order valence-corrected chi connectivity index (χ1v) is 34.1. The van der Waals surface area contributed by atoms with E-state index in [1.54, 1.807) is 6.92 Å². The Labute approximate surface area is 486 Å². The van der Waals surface area contributed by atoms with Gasteiger partial charge in [-0.3, -0.25) is 4.79 Å². The Morgan fingerprint density at radius 2 is 0.829 bits per heavy atom. The van der Waals surface area contributed by atoms with Crippen molar-refractivity contribution >= 4 is 67.0 Å². The van der Waals surface area contributed by atoms with E-state index in [1.807, 2.05) is 104 Å². The lowest BCUT2D eigenvalue weighted by Crippen LogP contribution is -2.72. The Morgan fingerprint density at radius 3 is 1.21 bits per heavy atom. The van der Waals surface area contributed by atoms with Crippen LogP contribution >= 0.6 is 0 Å². The van der Waals surface area contributed by atoms with Crippen LogP contribution in [0.2, 0.25) is 15.1 Å². The van der Waals surface area contributed by atoms with Gasteiger partial charge in [0.1, 0.15) is 35.4 Å². The van der Waals surface area contributed by atoms with Crippen molar-refractivity contribution in [3.63, 3.8) is 0 Å². The largest absolute Gasteiger partial charge is 0.534 e. The molecule has 1 fully saturated rings. The molecule has 12 heteroatoms. The van der Waals surface area contributed by atoms with Crippen LogP contribution in [0, 0.1) is 6.92 Å². The van der Waals surface area contributed by atoms with E-state index in [2.05, 4.69) is 184 Å². The highest BCUT2D eigenvalue weighted by atomic mass is 28.4. The fourth-order valence-electron chi connectivity index (χ4n) is 12.4. The lowest BCUT2D eigenvalue weighted by Gasteiger charge is -2.49. The summed E-state index contributed by atoms with van der Waals surface area (Å²) in [6, 6.07) is 73.3. The zero-order valence-electron chi connectivity index (χ0n) is 48.9. The predicted octanol–water partition coefficient (Wildman–Crippen LogP) is 11.4. The summed E-state index contributed by atoms with van der Waals surface area (Å²) < 4.78 is 43.5. The fraction of sp³-hybridized carbons (Fsp3) is 0.271. The molecule has 10 rings (SSSR count). The van der Waals surface area contributed by atoms with Gasteiger partial charge in [0.05, 0.1) is 11.5 Å². The molecule has 0 aliphatic carbocycles. The Bertz CT molecular complexity index is 3540. The normalized spacial score (nSPS) is 18.2. The standard InChI is InChI=1S/C70H76O9Si3/c1-48-46-52(78-81(69(6,7)8,55-34-22-14-23-35-55)56-36-24-15-25-37-56)47-59-60(48)62(72)65(64(75-59)50-42-44-51(45-43-50)77-80(68(3,4)5,53-30-18-12-19-31-53)54-32-20-13-21-33-54)76-67-66(63(73)61(71)49(2)74-67)79-82(70(9,10)11,57-38-26-16-27-39-57)58-40-28-17-29-41-58/h12-47,49,61,63,66-67,71,73H,1-11H3. The van der Waals surface area contributed by atoms with Crippen molar-refractivity contribution in [2.24, 2.45) is 0 Å². The maximum absolute atomic E-state index is 15.9. The van der Waals surface area contributed by atoms with E-state index in [4.69, 9.17) is 27.2 Å². The first-order valence-electron chi connectivity index (χ1n) is 28.4. The average Bonchev–Trinajstić information content (AvgIpc) is 3.64. The van der Waals surface area contributed by atoms with Crippen LogP contribution in [-0.2, 0) is 9.16 Å². The van der Waals surface area contributed by atoms with Crippen molar-refractivity contribution in [1.29, 1.82) is 0 Å². The minimum Gasteiger partial charge on any atom is -0.534 e. The molecular formula is C70H76O9Si3. The fourth-order valence-corrected chi connectivity index (χ4v) is 25.9. The van der Waals surface area contributed by atoms with Crippen molar-refractivity contribution in [1.82, 2.24) is 0 Å². The molecule has 5 unspecified atom stereocenters. The van der Waals surface area contributed by atoms with Crippen molar-refractivity contribution in [2.75, 3.05) is 0 Å². The molecular weight excluding hydrogens is 1070 g/mol. The third kappa shape index (κ3) is 10.5. The molecule has 2 heterocycles. The van der Waals surface area contributed by atoms with Crippen LogP contribution in [0.4, 0.5) is 0 Å². The zero-order chi connectivity index (χ0) is 58.2. The highest BCUT2D eigenvalue weighted by Gasteiger charge is 2.57. The molecule has 9 nitrogen and oxygen atoms in total. The highest BCUT2D eigenvalue weighted by molar-refractivity contribution is 7.01. The average molecular weight is 1150 g/mol. The van der Waals surface area contributed by atoms with Gasteiger partial charge in [0.15, 0.2) is 5.76 Å². The molecule has 0 saturated carbocycles. The molecule has 8 aromatic carbocycles. The maximum atomic E-state index is 15.9. The summed E-state index contributed by atoms with van der Waals surface area (Å²) in [5, 5.41) is 29.6. The summed E-state index contributed by atoms with van der Waals surface area (Å²) in [5.41, 5.74) is 0.965. The van der Waals surface area contributed by atoms with Gasteiger partial charge >= 0.3 is 16.6 Å². The molecule has 0 amide bonds. The molecule has 0 radical (unpaired) electrons. The van der Waals surface area contributed by atoms with Gasteiger partial charge in [-0.05, 0) is 96.0 Å². The van der Waals surface area contributed by atoms with Gasteiger partial charge in [-0.1, -0.05) is 244 Å². The number of hydrogen-bond donors (Lipinski definition) is 2. The molecule has 1 aromatic heterocycles. The molecule has 5 atom stereocenters. The second kappa shape index (κ2) is 22.9. The predicted molar refractivity (Wildman–Crippen MR) is 339 cm³/mol. The van der Waals surface area contributed by atoms with E-state index in [1.165, 1.54) is 0 Å². The molecule has 1 aliphatic rings. The third-order valence-corrected chi connectivity index (χ3v) is 31.3. The summed E-state index contributed by atoms with van der Waals surface area (Å²) >= 11 is 0.